The monoisotopic (exact) mass is 381 g/mol. The zero-order valence-electron chi connectivity index (χ0n) is 17.3. The summed E-state index contributed by atoms with van der Waals surface area (Å²) in [6.45, 7) is 9.52. The zero-order valence-corrected chi connectivity index (χ0v) is 17.3. The molecule has 0 aliphatic rings. The number of nitrogens with one attached hydrogen (secondary N) is 1. The highest BCUT2D eigenvalue weighted by atomic mass is 16.2. The SMILES string of the molecule is C/C=C\c1c(C)cccc1Cc1cc(C(=O)N(CCC)CCC)[nH]c1C(N)=O. The number of allylic oxidation sites excluding steroid dienone is 1. The number of carbonyl (C=O) groups excluding carboxylic acids is 2. The topological polar surface area (TPSA) is 79.2 Å². The Morgan fingerprint density at radius 3 is 2.39 bits per heavy atom. The Morgan fingerprint density at radius 1 is 1.14 bits per heavy atom. The Morgan fingerprint density at radius 2 is 1.82 bits per heavy atom. The lowest BCUT2D eigenvalue weighted by molar-refractivity contribution is 0.0750. The van der Waals surface area contributed by atoms with Gasteiger partial charge < -0.3 is 15.6 Å². The number of aromatic amines is 1. The molecule has 1 heterocycles. The maximum Gasteiger partial charge on any atom is 0.270 e. The van der Waals surface area contributed by atoms with Crippen LogP contribution in [0.15, 0.2) is 30.3 Å². The molecule has 0 bridgehead atoms. The Kier molecular flexibility index (Phi) is 7.61. The van der Waals surface area contributed by atoms with Crippen LogP contribution in [0, 0.1) is 6.92 Å². The summed E-state index contributed by atoms with van der Waals surface area (Å²) in [5.41, 5.74) is 10.5. The van der Waals surface area contributed by atoms with E-state index < -0.39 is 5.91 Å². The summed E-state index contributed by atoms with van der Waals surface area (Å²) in [5.74, 6) is -0.637. The fraction of sp³-hybridized carbons (Fsp3) is 0.391. The lowest BCUT2D eigenvalue weighted by Gasteiger charge is -2.20. The van der Waals surface area contributed by atoms with Crippen LogP contribution in [0.3, 0.4) is 0 Å². The third kappa shape index (κ3) is 4.91. The molecule has 28 heavy (non-hydrogen) atoms. The summed E-state index contributed by atoms with van der Waals surface area (Å²) in [7, 11) is 0. The van der Waals surface area contributed by atoms with Crippen molar-refractivity contribution in [3.05, 3.63) is 64.0 Å². The van der Waals surface area contributed by atoms with Gasteiger partial charge in [0.15, 0.2) is 0 Å². The van der Waals surface area contributed by atoms with E-state index in [4.69, 9.17) is 5.73 Å². The number of hydrogen-bond donors (Lipinski definition) is 2. The summed E-state index contributed by atoms with van der Waals surface area (Å²) < 4.78 is 0. The third-order valence-electron chi connectivity index (χ3n) is 4.78. The largest absolute Gasteiger partial charge is 0.364 e. The first-order valence-corrected chi connectivity index (χ1v) is 9.95. The fourth-order valence-electron chi connectivity index (χ4n) is 3.50. The normalized spacial score (nSPS) is 11.1. The van der Waals surface area contributed by atoms with Crippen LogP contribution in [0.5, 0.6) is 0 Å². The van der Waals surface area contributed by atoms with Gasteiger partial charge in [0.2, 0.25) is 0 Å². The van der Waals surface area contributed by atoms with E-state index in [1.54, 1.807) is 6.07 Å². The minimum absolute atomic E-state index is 0.0876. The van der Waals surface area contributed by atoms with Gasteiger partial charge in [-0.3, -0.25) is 9.59 Å². The number of aryl methyl sites for hydroxylation is 1. The first kappa shape index (κ1) is 21.5. The van der Waals surface area contributed by atoms with Crippen molar-refractivity contribution < 1.29 is 9.59 Å². The van der Waals surface area contributed by atoms with Crippen molar-refractivity contribution in [1.82, 2.24) is 9.88 Å². The van der Waals surface area contributed by atoms with E-state index in [0.29, 0.717) is 30.9 Å². The van der Waals surface area contributed by atoms with Gasteiger partial charge in [0.1, 0.15) is 11.4 Å². The van der Waals surface area contributed by atoms with Gasteiger partial charge in [-0.05, 0) is 55.0 Å². The second-order valence-electron chi connectivity index (χ2n) is 7.06. The molecule has 0 radical (unpaired) electrons. The molecule has 0 aliphatic carbocycles. The van der Waals surface area contributed by atoms with Gasteiger partial charge in [-0.25, -0.2) is 0 Å². The molecule has 1 aromatic heterocycles. The summed E-state index contributed by atoms with van der Waals surface area (Å²) in [6.07, 6.45) is 6.37. The van der Waals surface area contributed by atoms with Gasteiger partial charge in [0.05, 0.1) is 0 Å². The first-order valence-electron chi connectivity index (χ1n) is 9.95. The van der Waals surface area contributed by atoms with Crippen molar-refractivity contribution in [2.75, 3.05) is 13.1 Å². The second-order valence-corrected chi connectivity index (χ2v) is 7.06. The molecule has 0 fully saturated rings. The van der Waals surface area contributed by atoms with Crippen molar-refractivity contribution in [3.63, 3.8) is 0 Å². The molecule has 0 saturated heterocycles. The van der Waals surface area contributed by atoms with Gasteiger partial charge in [-0.1, -0.05) is 44.2 Å². The summed E-state index contributed by atoms with van der Waals surface area (Å²) in [6, 6.07) is 7.89. The minimum Gasteiger partial charge on any atom is -0.364 e. The number of hydrogen-bond acceptors (Lipinski definition) is 2. The average molecular weight is 382 g/mol. The summed E-state index contributed by atoms with van der Waals surface area (Å²) in [4.78, 5) is 29.7. The second kappa shape index (κ2) is 9.93. The number of amides is 2. The van der Waals surface area contributed by atoms with Gasteiger partial charge in [-0.15, -0.1) is 0 Å². The Balaban J connectivity index is 2.42. The van der Waals surface area contributed by atoms with Crippen molar-refractivity contribution in [3.8, 4) is 0 Å². The average Bonchev–Trinajstić information content (AvgIpc) is 3.08. The van der Waals surface area contributed by atoms with Gasteiger partial charge in [-0.2, -0.15) is 0 Å². The van der Waals surface area contributed by atoms with E-state index in [9.17, 15) is 9.59 Å². The summed E-state index contributed by atoms with van der Waals surface area (Å²) in [5, 5.41) is 0. The Labute approximate surface area is 167 Å². The van der Waals surface area contributed by atoms with Gasteiger partial charge >= 0.3 is 0 Å². The van der Waals surface area contributed by atoms with E-state index in [-0.39, 0.29) is 5.91 Å². The lowest BCUT2D eigenvalue weighted by Crippen LogP contribution is -2.32. The maximum atomic E-state index is 12.9. The predicted octanol–water partition coefficient (Wildman–Crippen LogP) is 4.31. The van der Waals surface area contributed by atoms with Gasteiger partial charge in [0.25, 0.3) is 11.8 Å². The van der Waals surface area contributed by atoms with E-state index in [0.717, 1.165) is 29.5 Å². The highest BCUT2D eigenvalue weighted by molar-refractivity contribution is 5.98. The number of nitrogens with zero attached hydrogens (tertiary/aromatic N) is 1. The molecular weight excluding hydrogens is 350 g/mol. The van der Waals surface area contributed by atoms with Crippen LogP contribution < -0.4 is 5.73 Å². The molecule has 0 atom stereocenters. The van der Waals surface area contributed by atoms with E-state index in [2.05, 4.69) is 24.1 Å². The Bertz CT molecular complexity index is 859. The predicted molar refractivity (Wildman–Crippen MR) is 114 cm³/mol. The molecule has 5 nitrogen and oxygen atoms in total. The highest BCUT2D eigenvalue weighted by Gasteiger charge is 2.21. The fourth-order valence-corrected chi connectivity index (χ4v) is 3.50. The van der Waals surface area contributed by atoms with Gasteiger partial charge in [0, 0.05) is 19.5 Å². The number of nitrogens with two attached hydrogens (primary N) is 1. The smallest absolute Gasteiger partial charge is 0.270 e. The number of carbonyl (C=O) groups is 2. The summed E-state index contributed by atoms with van der Waals surface area (Å²) >= 11 is 0. The number of benzene rings is 1. The molecule has 2 amide bonds. The zero-order chi connectivity index (χ0) is 20.7. The molecule has 0 spiro atoms. The highest BCUT2D eigenvalue weighted by Crippen LogP contribution is 2.23. The molecule has 150 valence electrons. The van der Waals surface area contributed by atoms with Crippen LogP contribution in [0.4, 0.5) is 0 Å². The van der Waals surface area contributed by atoms with Crippen LogP contribution in [-0.2, 0) is 6.42 Å². The molecule has 5 heteroatoms. The number of aromatic nitrogens is 1. The van der Waals surface area contributed by atoms with Crippen molar-refractivity contribution in [1.29, 1.82) is 0 Å². The van der Waals surface area contributed by atoms with E-state index >= 15 is 0 Å². The number of primary amides is 1. The number of rotatable bonds is 9. The first-order chi connectivity index (χ1) is 13.4. The molecule has 2 aromatic rings. The molecule has 0 aliphatic heterocycles. The molecule has 3 N–H and O–H groups in total. The molecule has 1 aromatic carbocycles. The standard InChI is InChI=1S/C23H31N3O2/c1-5-9-19-16(4)10-8-11-17(19)14-18-15-20(25-21(18)22(24)27)23(28)26(12-6-2)13-7-3/h5,8-11,15,25H,6-7,12-14H2,1-4H3,(H2,24,27)/b9-5-. The quantitative estimate of drug-likeness (QED) is 0.679. The van der Waals surface area contributed by atoms with E-state index in [1.165, 1.54) is 5.56 Å². The lowest BCUT2D eigenvalue weighted by atomic mass is 9.95. The van der Waals surface area contributed by atoms with Crippen LogP contribution >= 0.6 is 0 Å². The maximum absolute atomic E-state index is 12.9. The van der Waals surface area contributed by atoms with Crippen molar-refractivity contribution in [2.45, 2.75) is 47.0 Å². The molecule has 0 unspecified atom stereocenters. The van der Waals surface area contributed by atoms with Crippen LogP contribution in [0.25, 0.3) is 6.08 Å². The molecule has 0 saturated carbocycles. The molecular formula is C23H31N3O2. The number of H-pyrrole nitrogens is 1. The minimum atomic E-state index is -0.549. The van der Waals surface area contributed by atoms with E-state index in [1.807, 2.05) is 43.9 Å². The van der Waals surface area contributed by atoms with Crippen molar-refractivity contribution in [2.24, 2.45) is 5.73 Å². The van der Waals surface area contributed by atoms with Crippen LogP contribution in [0.1, 0.15) is 76.8 Å². The molecule has 2 rings (SSSR count). The third-order valence-corrected chi connectivity index (χ3v) is 4.78. The van der Waals surface area contributed by atoms with Crippen LogP contribution in [-0.4, -0.2) is 34.8 Å². The van der Waals surface area contributed by atoms with Crippen LogP contribution in [0.2, 0.25) is 0 Å². The Hall–Kier alpha value is -2.82. The van der Waals surface area contributed by atoms with Crippen molar-refractivity contribution >= 4 is 17.9 Å².